The number of hydrogen-bond donors (Lipinski definition) is 0. The molecule has 2 saturated carbocycles. The van der Waals surface area contributed by atoms with Gasteiger partial charge in [-0.2, -0.15) is 0 Å². The standard InChI is InChI=1S/C20H22Cl2O6S2.C20H22N6O6S2.N3.Na/c21-29(23,24)19-9-5-17(6-10-19)27-13-15-1-2-16(4-3-15)14-28-18-7-11-20(12-8-18)30(22,25)26;21-23-25-33(27,28)19-9-5-17(6-10-19)31-13-15-1-2-16(4-3-15)14-32-18-7-11-20(12-8-18)34(29,30)26-24-22;1-3-2;/h5-12,15-16H,1-4,13-14H2;5-12,15-16H,1-4,13-14H2;;/q;;-1;+1. The molecule has 21 nitrogen and oxygen atoms in total. The zero-order chi connectivity index (χ0) is 49.1. The summed E-state index contributed by atoms with van der Waals surface area (Å²) in [5.74, 6) is 3.92. The Morgan fingerprint density at radius 3 is 0.779 bits per heavy atom. The Labute approximate surface area is 425 Å². The van der Waals surface area contributed by atoms with Gasteiger partial charge in [-0.25, -0.2) is 33.7 Å². The summed E-state index contributed by atoms with van der Waals surface area (Å²) in [6.45, 7) is 2.18. The van der Waals surface area contributed by atoms with Crippen molar-refractivity contribution in [2.24, 2.45) is 32.7 Å². The molecule has 0 unspecified atom stereocenters. The number of halogens is 2. The molecule has 28 heteroatoms. The van der Waals surface area contributed by atoms with Gasteiger partial charge in [-0.15, -0.1) is 0 Å². The van der Waals surface area contributed by atoms with Crippen LogP contribution < -0.4 is 48.5 Å². The van der Waals surface area contributed by atoms with Crippen molar-refractivity contribution in [2.45, 2.75) is 70.9 Å². The van der Waals surface area contributed by atoms with Crippen LogP contribution in [0.2, 0.25) is 0 Å². The first-order valence-corrected chi connectivity index (χ1v) is 27.7. The fourth-order valence-corrected chi connectivity index (χ4v) is 9.87. The van der Waals surface area contributed by atoms with Gasteiger partial charge < -0.3 is 30.0 Å². The van der Waals surface area contributed by atoms with Gasteiger partial charge in [0.15, 0.2) is 0 Å². The summed E-state index contributed by atoms with van der Waals surface area (Å²) >= 11 is 0. The maximum atomic E-state index is 11.7. The fraction of sp³-hybridized carbons (Fsp3) is 0.400. The van der Waals surface area contributed by atoms with Crippen molar-refractivity contribution in [3.05, 3.63) is 134 Å². The molecule has 2 aliphatic carbocycles. The van der Waals surface area contributed by atoms with E-state index in [2.05, 4.69) is 18.9 Å². The van der Waals surface area contributed by atoms with Crippen LogP contribution in [-0.4, -0.2) is 60.1 Å². The molecule has 4 aromatic rings. The normalized spacial score (nSPS) is 18.0. The van der Waals surface area contributed by atoms with E-state index in [0.29, 0.717) is 73.1 Å². The first-order chi connectivity index (χ1) is 31.8. The summed E-state index contributed by atoms with van der Waals surface area (Å²) in [4.78, 5) is 6.06. The Bertz CT molecular complexity index is 2650. The summed E-state index contributed by atoms with van der Waals surface area (Å²) in [7, 11) is -4.85. The van der Waals surface area contributed by atoms with Crippen LogP contribution in [0.25, 0.3) is 36.9 Å². The average Bonchev–Trinajstić information content (AvgIpc) is 3.30. The van der Waals surface area contributed by atoms with Crippen LogP contribution in [0.5, 0.6) is 23.0 Å². The second kappa shape index (κ2) is 27.5. The Morgan fingerprint density at radius 1 is 0.412 bits per heavy atom. The van der Waals surface area contributed by atoms with E-state index >= 15 is 0 Å². The molecule has 0 heterocycles. The van der Waals surface area contributed by atoms with Crippen LogP contribution >= 0.6 is 21.4 Å². The molecule has 0 spiro atoms. The maximum Gasteiger partial charge on any atom is 1.00 e. The minimum Gasteiger partial charge on any atom is -0.493 e. The molecule has 2 fully saturated rings. The van der Waals surface area contributed by atoms with Gasteiger partial charge in [0.25, 0.3) is 38.1 Å². The molecule has 0 radical (unpaired) electrons. The minimum atomic E-state index is -4.01. The number of azide groups is 2. The number of hydrogen-bond acceptors (Lipinski definition) is 12. The van der Waals surface area contributed by atoms with Crippen molar-refractivity contribution in [1.82, 2.24) is 0 Å². The van der Waals surface area contributed by atoms with Gasteiger partial charge in [0.05, 0.1) is 46.0 Å². The summed E-state index contributed by atoms with van der Waals surface area (Å²) < 4.78 is 121. The zero-order valence-corrected chi connectivity index (χ0v) is 43.1. The van der Waals surface area contributed by atoms with Crippen molar-refractivity contribution in [1.29, 1.82) is 0 Å². The third-order valence-corrected chi connectivity index (χ3v) is 15.7. The van der Waals surface area contributed by atoms with Crippen molar-refractivity contribution in [3.63, 3.8) is 0 Å². The molecule has 0 atom stereocenters. The molecular weight excluding hydrogens is 1020 g/mol. The molecule has 0 saturated heterocycles. The van der Waals surface area contributed by atoms with Gasteiger partial charge in [0, 0.05) is 40.2 Å². The summed E-state index contributed by atoms with van der Waals surface area (Å²) in [6.07, 6.45) is 7.91. The zero-order valence-electron chi connectivity index (χ0n) is 36.3. The Morgan fingerprint density at radius 2 is 0.603 bits per heavy atom. The Kier molecular flexibility index (Phi) is 23.4. The smallest absolute Gasteiger partial charge is 0.493 e. The molecule has 0 N–H and O–H groups in total. The fourth-order valence-electron chi connectivity index (χ4n) is 6.99. The molecule has 0 amide bonds. The summed E-state index contributed by atoms with van der Waals surface area (Å²) in [5.41, 5.74) is 30.1. The van der Waals surface area contributed by atoms with Crippen LogP contribution in [0.3, 0.4) is 0 Å². The summed E-state index contributed by atoms with van der Waals surface area (Å²) in [5, 5.41) is 0. The Balaban J connectivity index is 0.000000338. The van der Waals surface area contributed by atoms with Gasteiger partial charge in [0.2, 0.25) is 0 Å². The van der Waals surface area contributed by atoms with Crippen molar-refractivity contribution >= 4 is 59.5 Å². The van der Waals surface area contributed by atoms with Crippen molar-refractivity contribution in [2.75, 3.05) is 26.4 Å². The molecule has 6 rings (SSSR count). The van der Waals surface area contributed by atoms with E-state index in [1.165, 1.54) is 77.7 Å². The second-order valence-corrected chi connectivity index (χ2v) is 23.5. The van der Waals surface area contributed by atoms with E-state index in [0.717, 1.165) is 51.4 Å². The van der Waals surface area contributed by atoms with Crippen LogP contribution in [0.4, 0.5) is 0 Å². The average molecular weight is 1070 g/mol. The van der Waals surface area contributed by atoms with Gasteiger partial charge in [-0.1, -0.05) is 0 Å². The van der Waals surface area contributed by atoms with Gasteiger partial charge in [-0.05, 0) is 183 Å². The molecule has 2 aliphatic rings. The van der Waals surface area contributed by atoms with E-state index in [-0.39, 0.29) is 49.1 Å². The molecule has 0 aromatic heterocycles. The van der Waals surface area contributed by atoms with Crippen LogP contribution in [0.15, 0.2) is 126 Å². The number of benzene rings is 4. The molecule has 4 aromatic carbocycles. The van der Waals surface area contributed by atoms with E-state index in [9.17, 15) is 33.7 Å². The topological polar surface area (TPSA) is 330 Å². The Hall–Kier alpha value is -4.61. The third-order valence-electron chi connectivity index (χ3n) is 10.6. The SMILES string of the molecule is O=S(=O)(Cl)c1ccc(OCC2CCC(COc3ccc(S(=O)(=O)Cl)cc3)CC2)cc1.[N-]=[N+]=NS(=O)(=O)c1ccc(OCC2CCC(COc3ccc(S(=O)(=O)N=[N+]=[N-])cc3)CC2)cc1.[N-]=[N+]=[N-].[Na+]. The van der Waals surface area contributed by atoms with E-state index in [4.69, 9.17) is 62.4 Å². The second-order valence-electron chi connectivity index (χ2n) is 15.2. The third kappa shape index (κ3) is 19.4. The molecule has 360 valence electrons. The van der Waals surface area contributed by atoms with Crippen LogP contribution in [-0.2, 0) is 38.1 Å². The first kappa shape index (κ1) is 57.7. The van der Waals surface area contributed by atoms with Crippen LogP contribution in [0, 0.1) is 23.7 Å². The van der Waals surface area contributed by atoms with Gasteiger partial charge >= 0.3 is 29.6 Å². The largest absolute Gasteiger partial charge is 1.00 e. The number of rotatable bonds is 18. The van der Waals surface area contributed by atoms with E-state index in [1.807, 2.05) is 0 Å². The van der Waals surface area contributed by atoms with Crippen LogP contribution in [0.1, 0.15) is 51.4 Å². The maximum absolute atomic E-state index is 11.7. The number of nitrogens with zero attached hydrogens (tertiary/aromatic N) is 9. The molecule has 68 heavy (non-hydrogen) atoms. The van der Waals surface area contributed by atoms with Gasteiger partial charge in [0.1, 0.15) is 23.0 Å². The predicted octanol–water partition coefficient (Wildman–Crippen LogP) is 7.62. The van der Waals surface area contributed by atoms with Crippen molar-refractivity contribution < 1.29 is 82.2 Å². The molecular formula is C40H44Cl2N9NaO12S4. The minimum absolute atomic E-state index is 0. The number of sulfonamides is 2. The quantitative estimate of drug-likeness (QED) is 0.0305. The molecule has 0 bridgehead atoms. The van der Waals surface area contributed by atoms with E-state index < -0.39 is 38.1 Å². The van der Waals surface area contributed by atoms with Crippen molar-refractivity contribution in [3.8, 4) is 23.0 Å². The first-order valence-electron chi connectivity index (χ1n) is 20.2. The summed E-state index contributed by atoms with van der Waals surface area (Å²) in [6, 6.07) is 23.6. The number of ether oxygens (including phenoxy) is 4. The van der Waals surface area contributed by atoms with Gasteiger partial charge in [-0.3, -0.25) is 4.91 Å². The monoisotopic (exact) mass is 1060 g/mol. The van der Waals surface area contributed by atoms with E-state index in [1.54, 1.807) is 24.3 Å². The molecule has 0 aliphatic heterocycles. The predicted molar refractivity (Wildman–Crippen MR) is 247 cm³/mol.